The maximum Gasteiger partial charge on any atom is 0.405 e. The fourth-order valence-electron chi connectivity index (χ4n) is 1.55. The summed E-state index contributed by atoms with van der Waals surface area (Å²) in [6, 6.07) is 2.60. The van der Waals surface area contributed by atoms with E-state index in [0.717, 1.165) is 11.0 Å². The van der Waals surface area contributed by atoms with E-state index in [1.807, 2.05) is 0 Å². The van der Waals surface area contributed by atoms with Crippen LogP contribution in [0.3, 0.4) is 0 Å². The first-order chi connectivity index (χ1) is 9.19. The Morgan fingerprint density at radius 1 is 1.45 bits per heavy atom. The van der Waals surface area contributed by atoms with Crippen LogP contribution in [0.2, 0.25) is 0 Å². The van der Waals surface area contributed by atoms with Gasteiger partial charge in [-0.15, -0.1) is 0 Å². The van der Waals surface area contributed by atoms with Gasteiger partial charge in [0, 0.05) is 18.3 Å². The smallest absolute Gasteiger partial charge is 0.405 e. The van der Waals surface area contributed by atoms with Crippen molar-refractivity contribution in [2.75, 3.05) is 11.4 Å². The van der Waals surface area contributed by atoms with Gasteiger partial charge in [-0.3, -0.25) is 0 Å². The summed E-state index contributed by atoms with van der Waals surface area (Å²) in [6.07, 6.45) is -0.719. The van der Waals surface area contributed by atoms with Gasteiger partial charge in [-0.2, -0.15) is 13.2 Å². The molecule has 20 heavy (non-hydrogen) atoms. The number of rotatable bonds is 5. The Hall–Kier alpha value is -2.05. The van der Waals surface area contributed by atoms with Crippen molar-refractivity contribution < 1.29 is 23.1 Å². The lowest BCUT2D eigenvalue weighted by Gasteiger charge is -2.28. The molecule has 0 saturated heterocycles. The van der Waals surface area contributed by atoms with Crippen LogP contribution in [-0.4, -0.2) is 34.8 Å². The first-order valence-electron chi connectivity index (χ1n) is 5.89. The van der Waals surface area contributed by atoms with E-state index in [0.29, 0.717) is 5.56 Å². The minimum Gasteiger partial charge on any atom is -0.478 e. The maximum absolute atomic E-state index is 12.5. The highest BCUT2D eigenvalue weighted by molar-refractivity contribution is 5.85. The van der Waals surface area contributed by atoms with Crippen molar-refractivity contribution in [1.29, 1.82) is 0 Å². The molecule has 0 saturated carbocycles. The van der Waals surface area contributed by atoms with Crippen LogP contribution >= 0.6 is 0 Å². The minimum atomic E-state index is -4.31. The molecular formula is C13H15F3N2O2. The Bertz CT molecular complexity index is 481. The number of halogens is 3. The first-order valence-corrected chi connectivity index (χ1v) is 5.89. The maximum atomic E-state index is 12.5. The molecule has 1 aromatic rings. The topological polar surface area (TPSA) is 53.4 Å². The molecule has 1 N–H and O–H groups in total. The molecule has 0 atom stereocenters. The lowest BCUT2D eigenvalue weighted by Crippen LogP contribution is -2.39. The zero-order valence-corrected chi connectivity index (χ0v) is 11.1. The molecule has 0 aliphatic rings. The van der Waals surface area contributed by atoms with Gasteiger partial charge in [0.25, 0.3) is 0 Å². The third kappa shape index (κ3) is 5.29. The molecule has 1 aromatic heterocycles. The lowest BCUT2D eigenvalue weighted by molar-refractivity contribution is -0.131. The van der Waals surface area contributed by atoms with Crippen LogP contribution in [0.5, 0.6) is 0 Å². The van der Waals surface area contributed by atoms with E-state index in [1.165, 1.54) is 24.4 Å². The van der Waals surface area contributed by atoms with Gasteiger partial charge in [0.2, 0.25) is 0 Å². The summed E-state index contributed by atoms with van der Waals surface area (Å²) >= 11 is 0. The molecule has 0 fully saturated rings. The number of aliphatic carboxylic acids is 1. The second kappa shape index (κ2) is 6.40. The highest BCUT2D eigenvalue weighted by atomic mass is 19.4. The molecule has 1 rings (SSSR count). The van der Waals surface area contributed by atoms with Gasteiger partial charge in [-0.1, -0.05) is 0 Å². The van der Waals surface area contributed by atoms with Crippen LogP contribution in [0.25, 0.3) is 6.08 Å². The van der Waals surface area contributed by atoms with E-state index < -0.39 is 18.7 Å². The van der Waals surface area contributed by atoms with Gasteiger partial charge in [0.1, 0.15) is 12.4 Å². The van der Waals surface area contributed by atoms with Crippen LogP contribution in [0.1, 0.15) is 19.4 Å². The minimum absolute atomic E-state index is 0.199. The molecule has 110 valence electrons. The number of anilines is 1. The molecule has 0 spiro atoms. The van der Waals surface area contributed by atoms with Gasteiger partial charge in [-0.05, 0) is 37.6 Å². The average molecular weight is 288 g/mol. The molecule has 0 bridgehead atoms. The van der Waals surface area contributed by atoms with Crippen LogP contribution in [-0.2, 0) is 4.79 Å². The van der Waals surface area contributed by atoms with E-state index in [-0.39, 0.29) is 11.9 Å². The van der Waals surface area contributed by atoms with Crippen LogP contribution in [0.15, 0.2) is 24.4 Å². The predicted molar refractivity (Wildman–Crippen MR) is 69.4 cm³/mol. The van der Waals surface area contributed by atoms with Gasteiger partial charge in [0.15, 0.2) is 0 Å². The van der Waals surface area contributed by atoms with Crippen molar-refractivity contribution in [3.8, 4) is 0 Å². The van der Waals surface area contributed by atoms with Crippen molar-refractivity contribution in [2.45, 2.75) is 26.1 Å². The number of alkyl halides is 3. The summed E-state index contributed by atoms with van der Waals surface area (Å²) in [5.74, 6) is -0.903. The van der Waals surface area contributed by atoms with Crippen molar-refractivity contribution in [3.05, 3.63) is 30.0 Å². The van der Waals surface area contributed by atoms with Gasteiger partial charge < -0.3 is 10.0 Å². The summed E-state index contributed by atoms with van der Waals surface area (Å²) in [5, 5.41) is 8.48. The standard InChI is InChI=1S/C13H15F3N2O2/c1-9(2)18(8-13(14,15)16)11-5-3-10(7-17-11)4-6-12(19)20/h3-7,9H,8H2,1-2H3,(H,19,20)/b6-4+. The SMILES string of the molecule is CC(C)N(CC(F)(F)F)c1ccc(/C=C/C(=O)O)cn1. The zero-order chi connectivity index (χ0) is 15.3. The molecule has 0 aromatic carbocycles. The first kappa shape index (κ1) is 16.0. The number of hydrogen-bond acceptors (Lipinski definition) is 3. The van der Waals surface area contributed by atoms with E-state index in [9.17, 15) is 18.0 Å². The van der Waals surface area contributed by atoms with E-state index in [2.05, 4.69) is 4.98 Å². The fourth-order valence-corrected chi connectivity index (χ4v) is 1.55. The van der Waals surface area contributed by atoms with Crippen molar-refractivity contribution in [2.24, 2.45) is 0 Å². The second-order valence-electron chi connectivity index (χ2n) is 4.46. The summed E-state index contributed by atoms with van der Waals surface area (Å²) in [5.41, 5.74) is 0.506. The Morgan fingerprint density at radius 3 is 2.50 bits per heavy atom. The molecule has 0 amide bonds. The number of carboxylic acid groups (broad SMARTS) is 1. The number of nitrogens with zero attached hydrogens (tertiary/aromatic N) is 2. The number of aromatic nitrogens is 1. The number of carboxylic acids is 1. The number of hydrogen-bond donors (Lipinski definition) is 1. The molecule has 0 aliphatic carbocycles. The van der Waals surface area contributed by atoms with Gasteiger partial charge in [0.05, 0.1) is 0 Å². The van der Waals surface area contributed by atoms with Gasteiger partial charge >= 0.3 is 12.1 Å². The van der Waals surface area contributed by atoms with Crippen LogP contribution in [0.4, 0.5) is 19.0 Å². The van der Waals surface area contributed by atoms with Gasteiger partial charge in [-0.25, -0.2) is 9.78 Å². The molecule has 4 nitrogen and oxygen atoms in total. The van der Waals surface area contributed by atoms with Crippen LogP contribution < -0.4 is 4.90 Å². The average Bonchev–Trinajstić information content (AvgIpc) is 2.33. The highest BCUT2D eigenvalue weighted by Crippen LogP contribution is 2.22. The summed E-state index contributed by atoms with van der Waals surface area (Å²) < 4.78 is 37.5. The fraction of sp³-hybridized carbons (Fsp3) is 0.385. The summed E-state index contributed by atoms with van der Waals surface area (Å²) in [7, 11) is 0. The second-order valence-corrected chi connectivity index (χ2v) is 4.46. The van der Waals surface area contributed by atoms with Crippen molar-refractivity contribution >= 4 is 17.9 Å². The van der Waals surface area contributed by atoms with E-state index in [4.69, 9.17) is 5.11 Å². The summed E-state index contributed by atoms with van der Waals surface area (Å²) in [6.45, 7) is 2.21. The van der Waals surface area contributed by atoms with Crippen molar-refractivity contribution in [3.63, 3.8) is 0 Å². The number of pyridine rings is 1. The Labute approximate surface area is 114 Å². The zero-order valence-electron chi connectivity index (χ0n) is 11.1. The molecule has 7 heteroatoms. The monoisotopic (exact) mass is 288 g/mol. The molecular weight excluding hydrogens is 273 g/mol. The lowest BCUT2D eigenvalue weighted by atomic mass is 10.2. The van der Waals surface area contributed by atoms with E-state index in [1.54, 1.807) is 13.8 Å². The largest absolute Gasteiger partial charge is 0.478 e. The number of carbonyl (C=O) groups is 1. The normalized spacial score (nSPS) is 12.1. The Kier molecular flexibility index (Phi) is 5.12. The highest BCUT2D eigenvalue weighted by Gasteiger charge is 2.32. The van der Waals surface area contributed by atoms with Crippen LogP contribution in [0, 0.1) is 0 Å². The summed E-state index contributed by atoms with van der Waals surface area (Å²) in [4.78, 5) is 15.4. The molecule has 0 aliphatic heterocycles. The predicted octanol–water partition coefficient (Wildman–Crippen LogP) is 2.96. The quantitative estimate of drug-likeness (QED) is 0.846. The molecule has 0 radical (unpaired) electrons. The molecule has 1 heterocycles. The third-order valence-corrected chi connectivity index (χ3v) is 2.46. The molecule has 0 unspecified atom stereocenters. The third-order valence-electron chi connectivity index (χ3n) is 2.46. The Morgan fingerprint density at radius 2 is 2.10 bits per heavy atom. The van der Waals surface area contributed by atoms with E-state index >= 15 is 0 Å². The Balaban J connectivity index is 2.91. The van der Waals surface area contributed by atoms with Crippen molar-refractivity contribution in [1.82, 2.24) is 4.98 Å².